The number of carbonyl (C=O) groups is 1. The largest absolute Gasteiger partial charge is 0.338 e. The zero-order chi connectivity index (χ0) is 27.8. The summed E-state index contributed by atoms with van der Waals surface area (Å²) < 4.78 is 44.0. The molecule has 16 heteroatoms. The summed E-state index contributed by atoms with van der Waals surface area (Å²) in [7, 11) is -3.84. The van der Waals surface area contributed by atoms with Crippen molar-refractivity contribution in [2.45, 2.75) is 62.9 Å². The third-order valence-corrected chi connectivity index (χ3v) is 7.37. The van der Waals surface area contributed by atoms with Gasteiger partial charge in [0.1, 0.15) is 4.90 Å². The van der Waals surface area contributed by atoms with E-state index >= 15 is 0 Å². The third kappa shape index (κ3) is 6.51. The number of rotatable bonds is 9. The Hall–Kier alpha value is -4.05. The second kappa shape index (κ2) is 10.3. The Morgan fingerprint density at radius 3 is 2.69 bits per heavy atom. The van der Waals surface area contributed by atoms with Crippen LogP contribution in [0.5, 0.6) is 0 Å². The lowest BCUT2D eigenvalue weighted by Crippen LogP contribution is -2.40. The average Bonchev–Trinajstić information content (AvgIpc) is 3.45. The van der Waals surface area contributed by atoms with Gasteiger partial charge in [0, 0.05) is 47.7 Å². The molecule has 0 aromatic carbocycles. The zero-order valence-electron chi connectivity index (χ0n) is 21.6. The Labute approximate surface area is 223 Å². The molecule has 4 heterocycles. The molecule has 14 nitrogen and oxygen atoms in total. The van der Waals surface area contributed by atoms with Gasteiger partial charge in [-0.2, -0.15) is 9.78 Å². The Morgan fingerprint density at radius 2 is 1.95 bits per heavy atom. The van der Waals surface area contributed by atoms with Crippen LogP contribution in [0, 0.1) is 5.82 Å². The van der Waals surface area contributed by atoms with Crippen LogP contribution in [0.25, 0.3) is 16.8 Å². The van der Waals surface area contributed by atoms with Crippen LogP contribution in [-0.2, 0) is 16.6 Å². The first-order valence-electron chi connectivity index (χ1n) is 12.3. The number of aryl methyl sites for hydroxylation is 1. The van der Waals surface area contributed by atoms with Gasteiger partial charge in [-0.15, -0.1) is 15.3 Å². The van der Waals surface area contributed by atoms with Gasteiger partial charge in [0.2, 0.25) is 10.0 Å². The van der Waals surface area contributed by atoms with Gasteiger partial charge in [0.15, 0.2) is 17.3 Å². The van der Waals surface area contributed by atoms with E-state index in [-0.39, 0.29) is 16.5 Å². The molecule has 1 aliphatic rings. The van der Waals surface area contributed by atoms with Crippen molar-refractivity contribution in [3.8, 4) is 11.1 Å². The maximum absolute atomic E-state index is 14.9. The Bertz CT molecular complexity index is 1620. The number of tetrazole rings is 1. The number of pyridine rings is 2. The number of nitrogens with zero attached hydrogens (tertiary/aromatic N) is 8. The fourth-order valence-electron chi connectivity index (χ4n) is 3.77. The number of halogens is 1. The van der Waals surface area contributed by atoms with Crippen LogP contribution in [0.15, 0.2) is 35.6 Å². The van der Waals surface area contributed by atoms with E-state index in [2.05, 4.69) is 45.8 Å². The molecule has 39 heavy (non-hydrogen) atoms. The summed E-state index contributed by atoms with van der Waals surface area (Å²) in [5.74, 6) is 0.385. The number of amides is 2. The van der Waals surface area contributed by atoms with E-state index in [1.165, 1.54) is 40.0 Å². The van der Waals surface area contributed by atoms with E-state index in [0.717, 1.165) is 18.7 Å². The smallest absolute Gasteiger partial charge is 0.321 e. The van der Waals surface area contributed by atoms with Gasteiger partial charge in [-0.05, 0) is 57.4 Å². The number of sulfonamides is 1. The molecule has 0 aliphatic heterocycles. The molecule has 4 aromatic heterocycles. The number of aromatic nitrogens is 8. The standard InChI is InChI=1S/C23H28FN11O3S/c1-23(2,3)32-39(37,38)17-9-15(11-25-12-17)16-10-18(24)20-27-21(31-34(20)13-16)28-22(36)26-7-4-8-35-30-19(29-33-35)14-5-6-14/h9-14,32H,4-8H2,1-3H3,(H2,26,28,31,36). The molecular weight excluding hydrogens is 529 g/mol. The summed E-state index contributed by atoms with van der Waals surface area (Å²) in [5.41, 5.74) is -0.109. The number of urea groups is 1. The van der Waals surface area contributed by atoms with Crippen LogP contribution < -0.4 is 15.4 Å². The van der Waals surface area contributed by atoms with Gasteiger partial charge in [-0.1, -0.05) is 0 Å². The van der Waals surface area contributed by atoms with Gasteiger partial charge in [0.05, 0.1) is 6.54 Å². The molecule has 0 atom stereocenters. The van der Waals surface area contributed by atoms with Crippen molar-refractivity contribution in [3.05, 3.63) is 42.4 Å². The number of anilines is 1. The molecule has 0 unspecified atom stereocenters. The van der Waals surface area contributed by atoms with Crippen LogP contribution in [0.3, 0.4) is 0 Å². The van der Waals surface area contributed by atoms with Crippen molar-refractivity contribution in [1.29, 1.82) is 0 Å². The fourth-order valence-corrected chi connectivity index (χ4v) is 5.17. The molecule has 0 radical (unpaired) electrons. The van der Waals surface area contributed by atoms with E-state index in [1.807, 2.05) is 0 Å². The number of carbonyl (C=O) groups excluding carboxylic acids is 1. The first-order valence-corrected chi connectivity index (χ1v) is 13.8. The van der Waals surface area contributed by atoms with E-state index < -0.39 is 27.4 Å². The highest BCUT2D eigenvalue weighted by Crippen LogP contribution is 2.37. The molecule has 3 N–H and O–H groups in total. The summed E-state index contributed by atoms with van der Waals surface area (Å²) in [6.07, 6.45) is 6.89. The molecule has 5 rings (SSSR count). The quantitative estimate of drug-likeness (QED) is 0.260. The Balaban J connectivity index is 1.23. The normalized spacial score (nSPS) is 14.1. The topological polar surface area (TPSA) is 174 Å². The Kier molecular flexibility index (Phi) is 6.98. The van der Waals surface area contributed by atoms with Crippen LogP contribution >= 0.6 is 0 Å². The lowest BCUT2D eigenvalue weighted by Gasteiger charge is -2.20. The summed E-state index contributed by atoms with van der Waals surface area (Å²) in [6.45, 7) is 6.02. The third-order valence-electron chi connectivity index (χ3n) is 5.64. The summed E-state index contributed by atoms with van der Waals surface area (Å²) in [6, 6.07) is 2.04. The van der Waals surface area contributed by atoms with Crippen molar-refractivity contribution in [1.82, 2.24) is 49.8 Å². The SMILES string of the molecule is CC(C)(C)NS(=O)(=O)c1cncc(-c2cc(F)c3nc(NC(=O)NCCCn4nnc(C5CC5)n4)nn3c2)c1. The highest BCUT2D eigenvalue weighted by atomic mass is 32.2. The maximum Gasteiger partial charge on any atom is 0.321 e. The van der Waals surface area contributed by atoms with E-state index in [0.29, 0.717) is 36.6 Å². The van der Waals surface area contributed by atoms with Crippen LogP contribution in [0.1, 0.15) is 51.8 Å². The summed E-state index contributed by atoms with van der Waals surface area (Å²) in [5, 5.41) is 21.7. The van der Waals surface area contributed by atoms with Gasteiger partial charge in [-0.25, -0.2) is 26.8 Å². The van der Waals surface area contributed by atoms with Crippen molar-refractivity contribution < 1.29 is 17.6 Å². The van der Waals surface area contributed by atoms with Gasteiger partial charge < -0.3 is 5.32 Å². The Morgan fingerprint density at radius 1 is 1.15 bits per heavy atom. The number of hydrogen-bond acceptors (Lipinski definition) is 9. The van der Waals surface area contributed by atoms with Gasteiger partial charge in [0.25, 0.3) is 5.95 Å². The molecule has 1 fully saturated rings. The molecule has 1 aliphatic carbocycles. The zero-order valence-corrected chi connectivity index (χ0v) is 22.4. The minimum absolute atomic E-state index is 0.0593. The molecule has 2 amide bonds. The molecular formula is C23H28FN11O3S. The monoisotopic (exact) mass is 557 g/mol. The molecule has 0 bridgehead atoms. The first-order chi connectivity index (χ1) is 18.5. The number of fused-ring (bicyclic) bond motifs is 1. The lowest BCUT2D eigenvalue weighted by molar-refractivity contribution is 0.251. The van der Waals surface area contributed by atoms with Crippen molar-refractivity contribution in [3.63, 3.8) is 0 Å². The van der Waals surface area contributed by atoms with E-state index in [4.69, 9.17) is 0 Å². The number of hydrogen-bond donors (Lipinski definition) is 3. The second-order valence-electron chi connectivity index (χ2n) is 10.3. The molecule has 1 saturated carbocycles. The average molecular weight is 558 g/mol. The number of nitrogens with one attached hydrogen (secondary N) is 3. The van der Waals surface area contributed by atoms with Gasteiger partial charge >= 0.3 is 6.03 Å². The predicted molar refractivity (Wildman–Crippen MR) is 138 cm³/mol. The molecule has 4 aromatic rings. The predicted octanol–water partition coefficient (Wildman–Crippen LogP) is 2.08. The van der Waals surface area contributed by atoms with Crippen LogP contribution in [0.4, 0.5) is 15.1 Å². The lowest BCUT2D eigenvalue weighted by atomic mass is 10.1. The maximum atomic E-state index is 14.9. The summed E-state index contributed by atoms with van der Waals surface area (Å²) >= 11 is 0. The van der Waals surface area contributed by atoms with Crippen molar-refractivity contribution >= 4 is 27.6 Å². The minimum atomic E-state index is -3.84. The highest BCUT2D eigenvalue weighted by molar-refractivity contribution is 7.89. The summed E-state index contributed by atoms with van der Waals surface area (Å²) in [4.78, 5) is 21.8. The van der Waals surface area contributed by atoms with E-state index in [9.17, 15) is 17.6 Å². The first kappa shape index (κ1) is 26.6. The van der Waals surface area contributed by atoms with Crippen molar-refractivity contribution in [2.24, 2.45) is 0 Å². The minimum Gasteiger partial charge on any atom is -0.338 e. The molecule has 0 saturated heterocycles. The van der Waals surface area contributed by atoms with Gasteiger partial charge in [-0.3, -0.25) is 10.3 Å². The van der Waals surface area contributed by atoms with E-state index in [1.54, 1.807) is 20.8 Å². The van der Waals surface area contributed by atoms with Crippen LogP contribution in [-0.4, -0.2) is 66.3 Å². The molecule has 206 valence electrons. The fraction of sp³-hybridized carbons (Fsp3) is 0.435. The second-order valence-corrected chi connectivity index (χ2v) is 12.0. The van der Waals surface area contributed by atoms with Crippen LogP contribution in [0.2, 0.25) is 0 Å². The highest BCUT2D eigenvalue weighted by Gasteiger charge is 2.28. The van der Waals surface area contributed by atoms with Crippen molar-refractivity contribution in [2.75, 3.05) is 11.9 Å². The molecule has 0 spiro atoms.